The van der Waals surface area contributed by atoms with Crippen LogP contribution in [0.4, 0.5) is 0 Å². The van der Waals surface area contributed by atoms with E-state index in [9.17, 15) is 9.59 Å². The average molecular weight is 437 g/mol. The Bertz CT molecular complexity index is 1280. The topological polar surface area (TPSA) is 68.5 Å². The first-order valence-electron chi connectivity index (χ1n) is 10.6. The van der Waals surface area contributed by atoms with Crippen molar-refractivity contribution in [1.82, 2.24) is 5.32 Å². The molecule has 1 N–H and O–H groups in total. The zero-order chi connectivity index (χ0) is 22.9. The van der Waals surface area contributed by atoms with Crippen LogP contribution in [0.3, 0.4) is 0 Å². The molecule has 164 valence electrons. The van der Waals surface area contributed by atoms with E-state index < -0.39 is 11.3 Å². The van der Waals surface area contributed by atoms with E-state index in [1.54, 1.807) is 0 Å². The maximum absolute atomic E-state index is 12.7. The van der Waals surface area contributed by atoms with Gasteiger partial charge in [0.2, 0.25) is 16.9 Å². The molecule has 0 unspecified atom stereocenters. The minimum Gasteiger partial charge on any atom is -0.481 e. The molecule has 3 aromatic carbocycles. The molecule has 5 heteroatoms. The predicted octanol–water partition coefficient (Wildman–Crippen LogP) is 5.32. The van der Waals surface area contributed by atoms with E-state index in [0.717, 1.165) is 22.3 Å². The summed E-state index contributed by atoms with van der Waals surface area (Å²) in [5.41, 5.74) is 3.58. The molecule has 0 atom stereocenters. The summed E-state index contributed by atoms with van der Waals surface area (Å²) in [6.07, 6.45) is 5.28. The van der Waals surface area contributed by atoms with Crippen molar-refractivity contribution < 1.29 is 13.9 Å². The highest BCUT2D eigenvalue weighted by molar-refractivity contribution is 5.93. The van der Waals surface area contributed by atoms with Crippen LogP contribution < -0.4 is 15.5 Å². The van der Waals surface area contributed by atoms with Gasteiger partial charge in [-0.05, 0) is 22.3 Å². The second-order valence-corrected chi connectivity index (χ2v) is 7.39. The molecule has 4 rings (SSSR count). The summed E-state index contributed by atoms with van der Waals surface area (Å²) in [5, 5.41) is 2.79. The van der Waals surface area contributed by atoms with Crippen molar-refractivity contribution in [2.75, 3.05) is 0 Å². The van der Waals surface area contributed by atoms with Crippen LogP contribution in [0.2, 0.25) is 0 Å². The monoisotopic (exact) mass is 437 g/mol. The van der Waals surface area contributed by atoms with Gasteiger partial charge >= 0.3 is 0 Å². The van der Waals surface area contributed by atoms with Gasteiger partial charge in [0.05, 0.1) is 6.26 Å². The van der Waals surface area contributed by atoms with E-state index >= 15 is 0 Å². The number of nitrogens with one attached hydrogen (secondary N) is 1. The third-order valence-corrected chi connectivity index (χ3v) is 4.97. The van der Waals surface area contributed by atoms with Gasteiger partial charge in [0.25, 0.3) is 5.91 Å². The highest BCUT2D eigenvalue weighted by Crippen LogP contribution is 2.16. The third kappa shape index (κ3) is 6.08. The Hall–Kier alpha value is -4.38. The Balaban J connectivity index is 1.38. The van der Waals surface area contributed by atoms with Crippen molar-refractivity contribution in [3.05, 3.63) is 135 Å². The van der Waals surface area contributed by atoms with Crippen molar-refractivity contribution >= 4 is 18.1 Å². The van der Waals surface area contributed by atoms with Crippen molar-refractivity contribution in [3.8, 4) is 5.75 Å². The fourth-order valence-corrected chi connectivity index (χ4v) is 3.19. The summed E-state index contributed by atoms with van der Waals surface area (Å²) < 4.78 is 11.0. The van der Waals surface area contributed by atoms with Gasteiger partial charge in [0.15, 0.2) is 0 Å². The molecule has 0 radical (unpaired) electrons. The number of carbonyl (C=O) groups is 1. The Morgan fingerprint density at radius 2 is 1.42 bits per heavy atom. The van der Waals surface area contributed by atoms with Gasteiger partial charge in [0, 0.05) is 12.6 Å². The molecule has 1 amide bonds. The lowest BCUT2D eigenvalue weighted by molar-refractivity contribution is 0.0912. The molecule has 0 aliphatic carbocycles. The first kappa shape index (κ1) is 21.8. The summed E-state index contributed by atoms with van der Waals surface area (Å²) >= 11 is 0. The normalized spacial score (nSPS) is 10.8. The van der Waals surface area contributed by atoms with Crippen molar-refractivity contribution in [3.63, 3.8) is 0 Å². The summed E-state index contributed by atoms with van der Waals surface area (Å²) in [4.78, 5) is 25.0. The molecule has 5 nitrogen and oxygen atoms in total. The highest BCUT2D eigenvalue weighted by Gasteiger charge is 2.19. The summed E-state index contributed by atoms with van der Waals surface area (Å²) in [6.45, 7) is 0.450. The lowest BCUT2D eigenvalue weighted by Crippen LogP contribution is -2.25. The summed E-state index contributed by atoms with van der Waals surface area (Å²) in [7, 11) is 0. The second kappa shape index (κ2) is 10.8. The Morgan fingerprint density at radius 3 is 2.12 bits per heavy atom. The predicted molar refractivity (Wildman–Crippen MR) is 129 cm³/mol. The molecular weight excluding hydrogens is 414 g/mol. The first-order chi connectivity index (χ1) is 16.2. The summed E-state index contributed by atoms with van der Waals surface area (Å²) in [6, 6.07) is 28.6. The fraction of sp³-hybridized carbons (Fsp3) is 0.0714. The van der Waals surface area contributed by atoms with E-state index in [1.807, 2.05) is 97.1 Å². The lowest BCUT2D eigenvalue weighted by atomic mass is 10.1. The molecule has 0 aliphatic rings. The number of ether oxygens (including phenoxy) is 1. The Kier molecular flexibility index (Phi) is 7.13. The molecule has 1 heterocycles. The Morgan fingerprint density at radius 1 is 0.788 bits per heavy atom. The fourth-order valence-electron chi connectivity index (χ4n) is 3.19. The molecule has 4 aromatic rings. The van der Waals surface area contributed by atoms with Crippen LogP contribution in [0.15, 0.2) is 106 Å². The zero-order valence-electron chi connectivity index (χ0n) is 17.9. The SMILES string of the molecule is O=C(NCc1ccc(/C=C/c2ccccc2)cc1)c1occc(=O)c1OCc1ccccc1. The number of rotatable bonds is 8. The van der Waals surface area contributed by atoms with Gasteiger partial charge in [-0.25, -0.2) is 0 Å². The Labute approximate surface area is 192 Å². The van der Waals surface area contributed by atoms with Gasteiger partial charge in [-0.1, -0.05) is 97.1 Å². The minimum atomic E-state index is -0.510. The molecule has 1 aromatic heterocycles. The summed E-state index contributed by atoms with van der Waals surface area (Å²) in [5.74, 6) is -0.745. The zero-order valence-corrected chi connectivity index (χ0v) is 17.9. The lowest BCUT2D eigenvalue weighted by Gasteiger charge is -2.10. The van der Waals surface area contributed by atoms with E-state index in [-0.39, 0.29) is 24.7 Å². The third-order valence-electron chi connectivity index (χ3n) is 4.97. The molecule has 0 fully saturated rings. The number of carbonyl (C=O) groups excluding carboxylic acids is 1. The molecular formula is C28H23NO4. The van der Waals surface area contributed by atoms with Gasteiger partial charge < -0.3 is 14.5 Å². The van der Waals surface area contributed by atoms with Gasteiger partial charge in [-0.2, -0.15) is 0 Å². The number of amides is 1. The van der Waals surface area contributed by atoms with Gasteiger partial charge in [-0.15, -0.1) is 0 Å². The smallest absolute Gasteiger partial charge is 0.291 e. The van der Waals surface area contributed by atoms with Crippen LogP contribution in [-0.2, 0) is 13.2 Å². The van der Waals surface area contributed by atoms with Crippen molar-refractivity contribution in [2.45, 2.75) is 13.2 Å². The van der Waals surface area contributed by atoms with Crippen LogP contribution in [-0.4, -0.2) is 5.91 Å². The van der Waals surface area contributed by atoms with Gasteiger partial charge in [0.1, 0.15) is 6.61 Å². The number of benzene rings is 3. The minimum absolute atomic E-state index is 0.0970. The van der Waals surface area contributed by atoms with Crippen LogP contribution in [0.25, 0.3) is 12.2 Å². The highest BCUT2D eigenvalue weighted by atomic mass is 16.5. The maximum Gasteiger partial charge on any atom is 0.291 e. The van der Waals surface area contributed by atoms with Crippen LogP contribution >= 0.6 is 0 Å². The maximum atomic E-state index is 12.7. The molecule has 0 saturated carbocycles. The van der Waals surface area contributed by atoms with E-state index in [0.29, 0.717) is 0 Å². The van der Waals surface area contributed by atoms with Crippen LogP contribution in [0, 0.1) is 0 Å². The molecule has 0 spiro atoms. The van der Waals surface area contributed by atoms with Crippen molar-refractivity contribution in [2.24, 2.45) is 0 Å². The molecule has 33 heavy (non-hydrogen) atoms. The van der Waals surface area contributed by atoms with E-state index in [4.69, 9.17) is 9.15 Å². The van der Waals surface area contributed by atoms with Crippen LogP contribution in [0.5, 0.6) is 5.75 Å². The standard InChI is InChI=1S/C28H23NO4/c30-25-17-18-32-27(26(25)33-20-24-9-5-2-6-10-24)28(31)29-19-23-15-13-22(14-16-23)12-11-21-7-3-1-4-8-21/h1-18H,19-20H2,(H,29,31)/b12-11+. The molecule has 0 bridgehead atoms. The first-order valence-corrected chi connectivity index (χ1v) is 10.6. The molecule has 0 aliphatic heterocycles. The molecule has 0 saturated heterocycles. The van der Waals surface area contributed by atoms with E-state index in [1.165, 1.54) is 12.3 Å². The van der Waals surface area contributed by atoms with Crippen LogP contribution in [0.1, 0.15) is 32.8 Å². The van der Waals surface area contributed by atoms with Gasteiger partial charge in [-0.3, -0.25) is 9.59 Å². The van der Waals surface area contributed by atoms with E-state index in [2.05, 4.69) is 5.32 Å². The van der Waals surface area contributed by atoms with Crippen molar-refractivity contribution in [1.29, 1.82) is 0 Å². The number of hydrogen-bond acceptors (Lipinski definition) is 4. The quantitative estimate of drug-likeness (QED) is 0.379. The average Bonchev–Trinajstić information content (AvgIpc) is 2.87. The largest absolute Gasteiger partial charge is 0.481 e. The second-order valence-electron chi connectivity index (χ2n) is 7.39. The number of hydrogen-bond donors (Lipinski definition) is 1.